The molecule has 2 aliphatic rings. The molecule has 0 spiro atoms. The molecule has 0 amide bonds. The van der Waals surface area contributed by atoms with Gasteiger partial charge in [-0.2, -0.15) is 4.76 Å². The highest BCUT2D eigenvalue weighted by atomic mass is 31.2. The first-order valence-corrected chi connectivity index (χ1v) is 14.7. The van der Waals surface area contributed by atoms with Crippen molar-refractivity contribution in [1.29, 1.82) is 0 Å². The van der Waals surface area contributed by atoms with E-state index in [4.69, 9.17) is 13.5 Å². The maximum absolute atomic E-state index is 13.0. The third kappa shape index (κ3) is 5.66. The van der Waals surface area contributed by atoms with Crippen LogP contribution in [-0.4, -0.2) is 33.3 Å². The van der Waals surface area contributed by atoms with E-state index >= 15 is 0 Å². The molecule has 1 heterocycles. The fourth-order valence-corrected chi connectivity index (χ4v) is 6.12. The van der Waals surface area contributed by atoms with Crippen LogP contribution in [0, 0.1) is 10.8 Å². The van der Waals surface area contributed by atoms with E-state index in [2.05, 4.69) is 65.5 Å². The molecular formula is C21H40NO4PSi. The van der Waals surface area contributed by atoms with Crippen molar-refractivity contribution in [3.8, 4) is 0 Å². The predicted molar refractivity (Wildman–Crippen MR) is 120 cm³/mol. The molecule has 0 radical (unpaired) electrons. The summed E-state index contributed by atoms with van der Waals surface area (Å²) in [5.41, 5.74) is 1.64. The minimum Gasteiger partial charge on any atom is -0.409 e. The molecule has 1 fully saturated rings. The van der Waals surface area contributed by atoms with Crippen molar-refractivity contribution in [2.75, 3.05) is 13.2 Å². The molecule has 7 heteroatoms. The molecule has 2 rings (SSSR count). The SMILES string of the molecule is CC1(C)COP(=O)(/N=C2\CCC=C2C(O[Si](C)(C)C(C)(C)C)C(C)(C)C)OC1. The highest BCUT2D eigenvalue weighted by molar-refractivity contribution is 7.52. The zero-order valence-electron chi connectivity index (χ0n) is 19.5. The molecule has 0 aromatic rings. The maximum atomic E-state index is 13.0. The molecule has 1 atom stereocenters. The highest BCUT2D eigenvalue weighted by Gasteiger charge is 2.45. The lowest BCUT2D eigenvalue weighted by Crippen LogP contribution is -2.48. The number of rotatable bonds is 4. The molecule has 0 aromatic carbocycles. The van der Waals surface area contributed by atoms with E-state index in [0.717, 1.165) is 24.1 Å². The van der Waals surface area contributed by atoms with Crippen LogP contribution in [0.5, 0.6) is 0 Å². The fourth-order valence-electron chi connectivity index (χ4n) is 2.97. The van der Waals surface area contributed by atoms with Crippen LogP contribution in [0.2, 0.25) is 18.1 Å². The Bertz CT molecular complexity index is 684. The molecule has 0 saturated carbocycles. The summed E-state index contributed by atoms with van der Waals surface area (Å²) in [5, 5.41) is 0.112. The third-order valence-electron chi connectivity index (χ3n) is 5.85. The maximum Gasteiger partial charge on any atom is 0.454 e. The molecule has 162 valence electrons. The van der Waals surface area contributed by atoms with Crippen molar-refractivity contribution >= 4 is 21.8 Å². The largest absolute Gasteiger partial charge is 0.454 e. The number of allylic oxidation sites excluding steroid dienone is 1. The first-order valence-electron chi connectivity index (χ1n) is 10.3. The summed E-state index contributed by atoms with van der Waals surface area (Å²) in [6, 6.07) is 0. The molecule has 1 unspecified atom stereocenters. The lowest BCUT2D eigenvalue weighted by molar-refractivity contribution is 0.0417. The van der Waals surface area contributed by atoms with Crippen LogP contribution in [0.3, 0.4) is 0 Å². The standard InChI is InChI=1S/C21H40NO4PSi/c1-19(2,3)18(26-28(9,10)20(4,5)6)16-12-11-13-17(16)22-27(23)24-14-21(7,8)15-25-27/h12,18H,11,13-15H2,1-10H3/b22-17+. The summed E-state index contributed by atoms with van der Waals surface area (Å²) in [7, 11) is -5.45. The summed E-state index contributed by atoms with van der Waals surface area (Å²) in [5.74, 6) is 0. The number of nitrogens with zero attached hydrogens (tertiary/aromatic N) is 1. The van der Waals surface area contributed by atoms with Crippen molar-refractivity contribution in [3.63, 3.8) is 0 Å². The predicted octanol–water partition coefficient (Wildman–Crippen LogP) is 6.77. The first kappa shape index (κ1) is 24.0. The van der Waals surface area contributed by atoms with Gasteiger partial charge in [0.05, 0.1) is 25.0 Å². The van der Waals surface area contributed by atoms with E-state index in [9.17, 15) is 4.57 Å². The lowest BCUT2D eigenvalue weighted by atomic mass is 9.84. The van der Waals surface area contributed by atoms with E-state index in [-0.39, 0.29) is 22.0 Å². The van der Waals surface area contributed by atoms with Gasteiger partial charge in [-0.05, 0) is 42.0 Å². The topological polar surface area (TPSA) is 57.1 Å². The van der Waals surface area contributed by atoms with Gasteiger partial charge in [-0.1, -0.05) is 61.5 Å². The van der Waals surface area contributed by atoms with E-state index in [1.807, 2.05) is 13.8 Å². The summed E-state index contributed by atoms with van der Waals surface area (Å²) < 4.78 is 35.6. The average Bonchev–Trinajstić information content (AvgIpc) is 2.94. The van der Waals surface area contributed by atoms with Crippen LogP contribution in [0.15, 0.2) is 16.4 Å². The van der Waals surface area contributed by atoms with Crippen LogP contribution in [-0.2, 0) is 18.0 Å². The zero-order valence-corrected chi connectivity index (χ0v) is 21.4. The normalized spacial score (nSPS) is 25.6. The van der Waals surface area contributed by atoms with Gasteiger partial charge in [-0.15, -0.1) is 0 Å². The Morgan fingerprint density at radius 1 is 1.14 bits per heavy atom. The molecule has 28 heavy (non-hydrogen) atoms. The van der Waals surface area contributed by atoms with E-state index in [0.29, 0.717) is 13.2 Å². The summed E-state index contributed by atoms with van der Waals surface area (Å²) in [6.07, 6.45) is 3.74. The molecule has 0 aromatic heterocycles. The zero-order chi connectivity index (χ0) is 21.6. The van der Waals surface area contributed by atoms with Crippen LogP contribution in [0.4, 0.5) is 0 Å². The Kier molecular flexibility index (Phi) is 6.66. The van der Waals surface area contributed by atoms with Gasteiger partial charge in [0.1, 0.15) is 0 Å². The lowest BCUT2D eigenvalue weighted by Gasteiger charge is -2.44. The van der Waals surface area contributed by atoms with Gasteiger partial charge in [0.2, 0.25) is 0 Å². The van der Waals surface area contributed by atoms with E-state index in [1.54, 1.807) is 0 Å². The first-order chi connectivity index (χ1) is 12.5. The Morgan fingerprint density at radius 2 is 1.68 bits per heavy atom. The molecule has 5 nitrogen and oxygen atoms in total. The fraction of sp³-hybridized carbons (Fsp3) is 0.857. The van der Waals surface area contributed by atoms with Gasteiger partial charge in [0.15, 0.2) is 8.32 Å². The molecule has 1 aliphatic carbocycles. The minimum absolute atomic E-state index is 0.0949. The number of hydrogen-bond acceptors (Lipinski definition) is 4. The van der Waals surface area contributed by atoms with Crippen molar-refractivity contribution in [3.05, 3.63) is 11.6 Å². The van der Waals surface area contributed by atoms with Crippen LogP contribution >= 0.6 is 7.75 Å². The van der Waals surface area contributed by atoms with Gasteiger partial charge in [-0.3, -0.25) is 9.05 Å². The van der Waals surface area contributed by atoms with Gasteiger partial charge in [0, 0.05) is 5.41 Å². The third-order valence-corrected chi connectivity index (χ3v) is 11.7. The van der Waals surface area contributed by atoms with Crippen LogP contribution in [0.25, 0.3) is 0 Å². The van der Waals surface area contributed by atoms with E-state index < -0.39 is 16.1 Å². The van der Waals surface area contributed by atoms with Crippen molar-refractivity contribution in [2.24, 2.45) is 15.6 Å². The number of hydrogen-bond donors (Lipinski definition) is 0. The second kappa shape index (κ2) is 7.77. The van der Waals surface area contributed by atoms with Crippen molar-refractivity contribution in [1.82, 2.24) is 0 Å². The van der Waals surface area contributed by atoms with Gasteiger partial charge >= 0.3 is 7.75 Å². The van der Waals surface area contributed by atoms with Gasteiger partial charge < -0.3 is 4.43 Å². The average molecular weight is 430 g/mol. The second-order valence-electron chi connectivity index (χ2n) is 11.5. The van der Waals surface area contributed by atoms with E-state index in [1.165, 1.54) is 0 Å². The van der Waals surface area contributed by atoms with Gasteiger partial charge in [0.25, 0.3) is 0 Å². The second-order valence-corrected chi connectivity index (χ2v) is 18.0. The van der Waals surface area contributed by atoms with Crippen LogP contribution in [0.1, 0.15) is 68.2 Å². The quantitative estimate of drug-likeness (QED) is 0.366. The van der Waals surface area contributed by atoms with Crippen LogP contribution < -0.4 is 0 Å². The summed E-state index contributed by atoms with van der Waals surface area (Å²) in [6.45, 7) is 22.7. The Balaban J connectivity index is 2.32. The molecule has 1 aliphatic heterocycles. The Morgan fingerprint density at radius 3 is 2.14 bits per heavy atom. The van der Waals surface area contributed by atoms with Gasteiger partial charge in [-0.25, -0.2) is 4.57 Å². The van der Waals surface area contributed by atoms with Crippen molar-refractivity contribution < 1.29 is 18.0 Å². The molecule has 1 saturated heterocycles. The van der Waals surface area contributed by atoms with Crippen molar-refractivity contribution in [2.45, 2.75) is 92.5 Å². The molecule has 0 bridgehead atoms. The minimum atomic E-state index is -3.45. The Hall–Kier alpha value is -0.263. The monoisotopic (exact) mass is 429 g/mol. The summed E-state index contributed by atoms with van der Waals surface area (Å²) in [4.78, 5) is 0. The molecular weight excluding hydrogens is 389 g/mol. The Labute approximate surface area is 173 Å². The smallest absolute Gasteiger partial charge is 0.409 e. The molecule has 0 N–H and O–H groups in total. The summed E-state index contributed by atoms with van der Waals surface area (Å²) >= 11 is 0. The highest BCUT2D eigenvalue weighted by Crippen LogP contribution is 2.56.